The SMILES string of the molecule is COCCN(CCO)Cc1cnc(C)n1-c1ccccc1. The fraction of sp³-hybridized carbons (Fsp3) is 0.438. The second kappa shape index (κ2) is 7.93. The number of aryl methyl sites for hydroxylation is 1. The van der Waals surface area contributed by atoms with Crippen LogP contribution in [0.25, 0.3) is 5.69 Å². The summed E-state index contributed by atoms with van der Waals surface area (Å²) in [7, 11) is 1.69. The molecule has 0 saturated heterocycles. The molecular weight excluding hydrogens is 266 g/mol. The van der Waals surface area contributed by atoms with Gasteiger partial charge in [-0.05, 0) is 19.1 Å². The first kappa shape index (κ1) is 15.7. The highest BCUT2D eigenvalue weighted by atomic mass is 16.5. The van der Waals surface area contributed by atoms with Gasteiger partial charge >= 0.3 is 0 Å². The van der Waals surface area contributed by atoms with Crippen LogP contribution >= 0.6 is 0 Å². The Balaban J connectivity index is 2.20. The van der Waals surface area contributed by atoms with Crippen molar-refractivity contribution in [3.8, 4) is 5.69 Å². The number of benzene rings is 1. The largest absolute Gasteiger partial charge is 0.395 e. The number of ether oxygens (including phenoxy) is 1. The molecule has 0 aliphatic rings. The highest BCUT2D eigenvalue weighted by Gasteiger charge is 2.12. The molecule has 1 aromatic carbocycles. The molecule has 0 aliphatic carbocycles. The summed E-state index contributed by atoms with van der Waals surface area (Å²) in [6.07, 6.45) is 1.90. The van der Waals surface area contributed by atoms with E-state index >= 15 is 0 Å². The second-order valence-electron chi connectivity index (χ2n) is 4.96. The van der Waals surface area contributed by atoms with Crippen LogP contribution in [0.15, 0.2) is 36.5 Å². The molecule has 1 heterocycles. The summed E-state index contributed by atoms with van der Waals surface area (Å²) < 4.78 is 7.28. The van der Waals surface area contributed by atoms with Crippen LogP contribution < -0.4 is 0 Å². The summed E-state index contributed by atoms with van der Waals surface area (Å²) in [5.41, 5.74) is 2.22. The Labute approximate surface area is 125 Å². The van der Waals surface area contributed by atoms with Gasteiger partial charge in [0, 0.05) is 32.4 Å². The van der Waals surface area contributed by atoms with E-state index in [1.165, 1.54) is 0 Å². The third-order valence-corrected chi connectivity index (χ3v) is 3.44. The molecule has 0 amide bonds. The number of hydrogen-bond donors (Lipinski definition) is 1. The zero-order chi connectivity index (χ0) is 15.1. The molecule has 114 valence electrons. The molecule has 0 bridgehead atoms. The zero-order valence-electron chi connectivity index (χ0n) is 12.7. The van der Waals surface area contributed by atoms with Gasteiger partial charge in [0.05, 0.1) is 25.1 Å². The molecule has 0 atom stereocenters. The first-order valence-corrected chi connectivity index (χ1v) is 7.17. The van der Waals surface area contributed by atoms with Gasteiger partial charge in [-0.3, -0.25) is 9.47 Å². The lowest BCUT2D eigenvalue weighted by atomic mass is 10.3. The summed E-state index contributed by atoms with van der Waals surface area (Å²) >= 11 is 0. The van der Waals surface area contributed by atoms with E-state index in [0.717, 1.165) is 30.3 Å². The first-order valence-electron chi connectivity index (χ1n) is 7.17. The van der Waals surface area contributed by atoms with Crippen LogP contribution in [-0.4, -0.2) is 53.0 Å². The number of hydrogen-bond acceptors (Lipinski definition) is 4. The van der Waals surface area contributed by atoms with Gasteiger partial charge in [0.25, 0.3) is 0 Å². The van der Waals surface area contributed by atoms with E-state index in [2.05, 4.69) is 26.6 Å². The van der Waals surface area contributed by atoms with E-state index < -0.39 is 0 Å². The molecule has 0 spiro atoms. The number of aromatic nitrogens is 2. The number of nitrogens with zero attached hydrogens (tertiary/aromatic N) is 3. The van der Waals surface area contributed by atoms with Gasteiger partial charge < -0.3 is 9.84 Å². The summed E-state index contributed by atoms with van der Waals surface area (Å²) in [6.45, 7) is 4.95. The van der Waals surface area contributed by atoms with E-state index in [0.29, 0.717) is 13.2 Å². The van der Waals surface area contributed by atoms with Gasteiger partial charge in [0.1, 0.15) is 5.82 Å². The zero-order valence-corrected chi connectivity index (χ0v) is 12.7. The highest BCUT2D eigenvalue weighted by molar-refractivity contribution is 5.35. The van der Waals surface area contributed by atoms with Crippen molar-refractivity contribution in [1.82, 2.24) is 14.5 Å². The van der Waals surface area contributed by atoms with E-state index in [1.807, 2.05) is 31.3 Å². The van der Waals surface area contributed by atoms with Crippen LogP contribution in [0.5, 0.6) is 0 Å². The molecule has 0 aliphatic heterocycles. The van der Waals surface area contributed by atoms with Gasteiger partial charge in [-0.1, -0.05) is 18.2 Å². The van der Waals surface area contributed by atoms with Crippen molar-refractivity contribution in [2.24, 2.45) is 0 Å². The smallest absolute Gasteiger partial charge is 0.110 e. The molecule has 5 heteroatoms. The van der Waals surface area contributed by atoms with Crippen LogP contribution in [0, 0.1) is 6.92 Å². The molecule has 21 heavy (non-hydrogen) atoms. The summed E-state index contributed by atoms with van der Waals surface area (Å²) in [5, 5.41) is 9.20. The van der Waals surface area contributed by atoms with E-state index in [9.17, 15) is 5.11 Å². The Morgan fingerprint density at radius 2 is 2.00 bits per heavy atom. The standard InChI is InChI=1S/C16H23N3O2/c1-14-17-12-16(13-18(8-10-20)9-11-21-2)19(14)15-6-4-3-5-7-15/h3-7,12,20H,8-11,13H2,1-2H3. The lowest BCUT2D eigenvalue weighted by Crippen LogP contribution is -2.30. The Kier molecular flexibility index (Phi) is 5.92. The Morgan fingerprint density at radius 1 is 1.24 bits per heavy atom. The van der Waals surface area contributed by atoms with Crippen molar-refractivity contribution in [3.63, 3.8) is 0 Å². The van der Waals surface area contributed by atoms with Crippen molar-refractivity contribution in [1.29, 1.82) is 0 Å². The molecule has 5 nitrogen and oxygen atoms in total. The summed E-state index contributed by atoms with van der Waals surface area (Å²) in [4.78, 5) is 6.60. The highest BCUT2D eigenvalue weighted by Crippen LogP contribution is 2.16. The third-order valence-electron chi connectivity index (χ3n) is 3.44. The van der Waals surface area contributed by atoms with Gasteiger partial charge in [0.2, 0.25) is 0 Å². The van der Waals surface area contributed by atoms with Crippen molar-refractivity contribution < 1.29 is 9.84 Å². The molecule has 0 saturated carbocycles. The van der Waals surface area contributed by atoms with Crippen molar-refractivity contribution >= 4 is 0 Å². The maximum Gasteiger partial charge on any atom is 0.110 e. The molecule has 1 aromatic heterocycles. The Morgan fingerprint density at radius 3 is 2.67 bits per heavy atom. The third kappa shape index (κ3) is 4.14. The monoisotopic (exact) mass is 289 g/mol. The Hall–Kier alpha value is -1.69. The molecule has 0 radical (unpaired) electrons. The molecular formula is C16H23N3O2. The van der Waals surface area contributed by atoms with Crippen LogP contribution in [0.3, 0.4) is 0 Å². The fourth-order valence-electron chi connectivity index (χ4n) is 2.39. The lowest BCUT2D eigenvalue weighted by molar-refractivity contribution is 0.125. The van der Waals surface area contributed by atoms with Gasteiger partial charge in [-0.2, -0.15) is 0 Å². The fourth-order valence-corrected chi connectivity index (χ4v) is 2.39. The van der Waals surface area contributed by atoms with E-state index in [4.69, 9.17) is 4.74 Å². The minimum absolute atomic E-state index is 0.141. The average Bonchev–Trinajstić information content (AvgIpc) is 2.86. The lowest BCUT2D eigenvalue weighted by Gasteiger charge is -2.21. The molecule has 0 fully saturated rings. The minimum Gasteiger partial charge on any atom is -0.395 e. The van der Waals surface area contributed by atoms with Crippen LogP contribution in [0.1, 0.15) is 11.5 Å². The van der Waals surface area contributed by atoms with Crippen LogP contribution in [-0.2, 0) is 11.3 Å². The number of aliphatic hydroxyl groups excluding tert-OH is 1. The van der Waals surface area contributed by atoms with E-state index in [1.54, 1.807) is 7.11 Å². The summed E-state index contributed by atoms with van der Waals surface area (Å²) in [5.74, 6) is 0.965. The normalized spacial score (nSPS) is 11.2. The predicted octanol–water partition coefficient (Wildman–Crippen LogP) is 1.62. The maximum absolute atomic E-state index is 9.20. The number of para-hydroxylation sites is 1. The predicted molar refractivity (Wildman–Crippen MR) is 82.5 cm³/mol. The maximum atomic E-state index is 9.20. The number of aliphatic hydroxyl groups is 1. The van der Waals surface area contributed by atoms with Crippen LogP contribution in [0.4, 0.5) is 0 Å². The molecule has 2 rings (SSSR count). The molecule has 0 unspecified atom stereocenters. The molecule has 1 N–H and O–H groups in total. The topological polar surface area (TPSA) is 50.5 Å². The summed E-state index contributed by atoms with van der Waals surface area (Å²) in [6, 6.07) is 10.2. The van der Waals surface area contributed by atoms with Crippen molar-refractivity contribution in [2.45, 2.75) is 13.5 Å². The van der Waals surface area contributed by atoms with Gasteiger partial charge in [-0.15, -0.1) is 0 Å². The Bertz CT molecular complexity index is 540. The van der Waals surface area contributed by atoms with Crippen molar-refractivity contribution in [2.75, 3.05) is 33.4 Å². The quantitative estimate of drug-likeness (QED) is 0.802. The first-order chi connectivity index (χ1) is 10.3. The van der Waals surface area contributed by atoms with Crippen molar-refractivity contribution in [3.05, 3.63) is 48.0 Å². The molecule has 2 aromatic rings. The number of rotatable bonds is 8. The average molecular weight is 289 g/mol. The van der Waals surface area contributed by atoms with Gasteiger partial charge in [-0.25, -0.2) is 4.98 Å². The minimum atomic E-state index is 0.141. The number of methoxy groups -OCH3 is 1. The van der Waals surface area contributed by atoms with Crippen LogP contribution in [0.2, 0.25) is 0 Å². The second-order valence-corrected chi connectivity index (χ2v) is 4.96. The number of imidazole rings is 1. The van der Waals surface area contributed by atoms with E-state index in [-0.39, 0.29) is 6.61 Å². The van der Waals surface area contributed by atoms with Gasteiger partial charge in [0.15, 0.2) is 0 Å².